The van der Waals surface area contributed by atoms with Crippen LogP contribution in [0.25, 0.3) is 0 Å². The molecule has 2 rings (SSSR count). The van der Waals surface area contributed by atoms with Crippen LogP contribution in [0.4, 0.5) is 0 Å². The Bertz CT molecular complexity index is 656. The molecule has 2 N–H and O–H groups in total. The lowest BCUT2D eigenvalue weighted by Crippen LogP contribution is -2.44. The minimum absolute atomic E-state index is 0.0703. The molecule has 0 aliphatic carbocycles. The summed E-state index contributed by atoms with van der Waals surface area (Å²) in [6, 6.07) is 7.74. The second kappa shape index (κ2) is 9.88. The summed E-state index contributed by atoms with van der Waals surface area (Å²) in [7, 11) is 0.0999. The molecule has 0 unspecified atom stereocenters. The molecule has 7 nitrogen and oxygen atoms in total. The lowest BCUT2D eigenvalue weighted by atomic mass is 10.2. The van der Waals surface area contributed by atoms with Crippen molar-refractivity contribution in [2.75, 3.05) is 51.1 Å². The summed E-state index contributed by atoms with van der Waals surface area (Å²) in [5.41, 5.74) is 1.09. The van der Waals surface area contributed by atoms with Crippen LogP contribution >= 0.6 is 11.8 Å². The molecule has 1 heterocycles. The Balaban J connectivity index is 1.75. The van der Waals surface area contributed by atoms with Gasteiger partial charge in [-0.15, -0.1) is 0 Å². The average Bonchev–Trinajstić information content (AvgIpc) is 2.65. The highest BCUT2D eigenvalue weighted by Crippen LogP contribution is 2.13. The number of sulfonamides is 1. The van der Waals surface area contributed by atoms with Gasteiger partial charge in [0.05, 0.1) is 12.9 Å². The summed E-state index contributed by atoms with van der Waals surface area (Å²) >= 11 is 1.80. The molecule has 0 bridgehead atoms. The second-order valence-corrected chi connectivity index (χ2v) is 8.84. The van der Waals surface area contributed by atoms with E-state index in [0.29, 0.717) is 32.1 Å². The first-order chi connectivity index (χ1) is 12.0. The number of hydrogen-bond donors (Lipinski definition) is 2. The summed E-state index contributed by atoms with van der Waals surface area (Å²) in [5, 5.41) is 6.24. The Kier molecular flexibility index (Phi) is 7.86. The predicted octanol–water partition coefficient (Wildman–Crippen LogP) is 0.739. The Morgan fingerprint density at radius 1 is 1.24 bits per heavy atom. The van der Waals surface area contributed by atoms with E-state index in [9.17, 15) is 8.42 Å². The molecule has 1 fully saturated rings. The first-order valence-corrected chi connectivity index (χ1v) is 10.9. The van der Waals surface area contributed by atoms with Crippen LogP contribution in [0.3, 0.4) is 0 Å². The molecule has 1 aromatic rings. The third-order valence-corrected chi connectivity index (χ3v) is 6.67. The van der Waals surface area contributed by atoms with E-state index in [2.05, 4.69) is 15.6 Å². The average molecular weight is 387 g/mol. The van der Waals surface area contributed by atoms with Gasteiger partial charge in [0.15, 0.2) is 5.96 Å². The van der Waals surface area contributed by atoms with E-state index in [0.717, 1.165) is 22.8 Å². The maximum absolute atomic E-state index is 12.3. The third-order valence-electron chi connectivity index (χ3n) is 3.86. The van der Waals surface area contributed by atoms with Crippen LogP contribution in [-0.4, -0.2) is 69.7 Å². The summed E-state index contributed by atoms with van der Waals surface area (Å²) in [4.78, 5) is 4.13. The molecule has 0 aromatic heterocycles. The number of hydrogen-bond acceptors (Lipinski definition) is 5. The fourth-order valence-electron chi connectivity index (χ4n) is 2.40. The van der Waals surface area contributed by atoms with Crippen molar-refractivity contribution in [1.82, 2.24) is 14.9 Å². The van der Waals surface area contributed by atoms with E-state index in [1.165, 1.54) is 0 Å². The number of benzene rings is 1. The van der Waals surface area contributed by atoms with Crippen molar-refractivity contribution in [3.8, 4) is 5.75 Å². The van der Waals surface area contributed by atoms with Gasteiger partial charge in [-0.25, -0.2) is 12.7 Å². The van der Waals surface area contributed by atoms with E-state index in [4.69, 9.17) is 4.74 Å². The number of methoxy groups -OCH3 is 1. The lowest BCUT2D eigenvalue weighted by Gasteiger charge is -2.25. The Hall–Kier alpha value is -1.45. The fraction of sp³-hybridized carbons (Fsp3) is 0.562. The molecule has 0 atom stereocenters. The largest absolute Gasteiger partial charge is 0.497 e. The zero-order valence-corrected chi connectivity index (χ0v) is 16.3. The van der Waals surface area contributed by atoms with E-state index in [1.54, 1.807) is 30.2 Å². The van der Waals surface area contributed by atoms with Gasteiger partial charge in [0, 0.05) is 44.7 Å². The Morgan fingerprint density at radius 2 is 1.92 bits per heavy atom. The van der Waals surface area contributed by atoms with Crippen molar-refractivity contribution in [1.29, 1.82) is 0 Å². The van der Waals surface area contributed by atoms with Crippen LogP contribution in [0.1, 0.15) is 5.56 Å². The number of thioether (sulfide) groups is 1. The minimum atomic E-state index is -3.20. The molecule has 0 spiro atoms. The molecular formula is C16H26N4O3S2. The SMILES string of the molecule is CN=C(NCCS(=O)(=O)N1CCSCC1)NCc1ccc(OC)cc1. The van der Waals surface area contributed by atoms with Crippen LogP contribution in [0.15, 0.2) is 29.3 Å². The van der Waals surface area contributed by atoms with Crippen LogP contribution < -0.4 is 15.4 Å². The molecular weight excluding hydrogens is 360 g/mol. The molecule has 1 saturated heterocycles. The van der Waals surface area contributed by atoms with Gasteiger partial charge in [0.1, 0.15) is 5.75 Å². The van der Waals surface area contributed by atoms with E-state index < -0.39 is 10.0 Å². The van der Waals surface area contributed by atoms with Crippen LogP contribution in [0.5, 0.6) is 5.75 Å². The van der Waals surface area contributed by atoms with E-state index in [-0.39, 0.29) is 5.75 Å². The molecule has 0 radical (unpaired) electrons. The zero-order chi connectivity index (χ0) is 18.1. The van der Waals surface area contributed by atoms with Crippen LogP contribution in [0, 0.1) is 0 Å². The maximum atomic E-state index is 12.3. The van der Waals surface area contributed by atoms with Crippen LogP contribution in [-0.2, 0) is 16.6 Å². The summed E-state index contributed by atoms with van der Waals surface area (Å²) < 4.78 is 31.3. The molecule has 25 heavy (non-hydrogen) atoms. The summed E-state index contributed by atoms with van der Waals surface area (Å²) in [6.45, 7) is 2.14. The monoisotopic (exact) mass is 386 g/mol. The standard InChI is InChI=1S/C16H26N4O3S2/c1-17-16(19-13-14-3-5-15(23-2)6-4-14)18-7-12-25(21,22)20-8-10-24-11-9-20/h3-6H,7-13H2,1-2H3,(H2,17,18,19). The quantitative estimate of drug-likeness (QED) is 0.531. The van der Waals surface area contributed by atoms with Gasteiger partial charge in [0.2, 0.25) is 10.0 Å². The molecule has 1 aliphatic heterocycles. The van der Waals surface area contributed by atoms with Gasteiger partial charge in [0.25, 0.3) is 0 Å². The number of ether oxygens (including phenoxy) is 1. The maximum Gasteiger partial charge on any atom is 0.215 e. The topological polar surface area (TPSA) is 83.0 Å². The van der Waals surface area contributed by atoms with Crippen molar-refractivity contribution in [3.63, 3.8) is 0 Å². The highest BCUT2D eigenvalue weighted by atomic mass is 32.2. The van der Waals surface area contributed by atoms with Crippen molar-refractivity contribution >= 4 is 27.7 Å². The van der Waals surface area contributed by atoms with Gasteiger partial charge >= 0.3 is 0 Å². The Labute approximate surface area is 154 Å². The molecule has 140 valence electrons. The number of aliphatic imine (C=N–C) groups is 1. The van der Waals surface area contributed by atoms with Gasteiger partial charge in [-0.1, -0.05) is 12.1 Å². The fourth-order valence-corrected chi connectivity index (χ4v) is 4.89. The van der Waals surface area contributed by atoms with Gasteiger partial charge < -0.3 is 15.4 Å². The zero-order valence-electron chi connectivity index (χ0n) is 14.7. The molecule has 1 aromatic carbocycles. The predicted molar refractivity (Wildman–Crippen MR) is 104 cm³/mol. The normalized spacial score (nSPS) is 16.5. The molecule has 1 aliphatic rings. The van der Waals surface area contributed by atoms with Crippen molar-refractivity contribution < 1.29 is 13.2 Å². The molecule has 0 saturated carbocycles. The van der Waals surface area contributed by atoms with E-state index >= 15 is 0 Å². The Morgan fingerprint density at radius 3 is 2.52 bits per heavy atom. The minimum Gasteiger partial charge on any atom is -0.497 e. The van der Waals surface area contributed by atoms with E-state index in [1.807, 2.05) is 24.3 Å². The molecule has 9 heteroatoms. The first kappa shape index (κ1) is 19.9. The van der Waals surface area contributed by atoms with Gasteiger partial charge in [-0.3, -0.25) is 4.99 Å². The number of rotatable bonds is 7. The number of nitrogens with zero attached hydrogens (tertiary/aromatic N) is 2. The van der Waals surface area contributed by atoms with Crippen LogP contribution in [0.2, 0.25) is 0 Å². The second-order valence-electron chi connectivity index (χ2n) is 5.53. The van der Waals surface area contributed by atoms with Crippen molar-refractivity contribution in [2.24, 2.45) is 4.99 Å². The van der Waals surface area contributed by atoms with Gasteiger partial charge in [-0.05, 0) is 17.7 Å². The summed E-state index contributed by atoms with van der Waals surface area (Å²) in [5.74, 6) is 3.21. The molecule has 0 amide bonds. The number of guanidine groups is 1. The van der Waals surface area contributed by atoms with Crippen molar-refractivity contribution in [2.45, 2.75) is 6.54 Å². The lowest BCUT2D eigenvalue weighted by molar-refractivity contribution is 0.414. The van der Waals surface area contributed by atoms with Crippen molar-refractivity contribution in [3.05, 3.63) is 29.8 Å². The smallest absolute Gasteiger partial charge is 0.215 e. The highest BCUT2D eigenvalue weighted by Gasteiger charge is 2.23. The first-order valence-electron chi connectivity index (χ1n) is 8.18. The highest BCUT2D eigenvalue weighted by molar-refractivity contribution is 7.99. The van der Waals surface area contributed by atoms with Gasteiger partial charge in [-0.2, -0.15) is 11.8 Å². The number of nitrogens with one attached hydrogen (secondary N) is 2. The summed E-state index contributed by atoms with van der Waals surface area (Å²) in [6.07, 6.45) is 0. The third kappa shape index (κ3) is 6.41.